The van der Waals surface area contributed by atoms with Gasteiger partial charge in [-0.05, 0) is 37.3 Å². The van der Waals surface area contributed by atoms with Gasteiger partial charge in [0.15, 0.2) is 17.3 Å². The van der Waals surface area contributed by atoms with E-state index < -0.39 is 0 Å². The molecule has 6 heteroatoms. The number of fused-ring (bicyclic) bond motifs is 2. The average molecular weight is 339 g/mol. The minimum absolute atomic E-state index is 0.276. The maximum atomic E-state index is 12.6. The summed E-state index contributed by atoms with van der Waals surface area (Å²) in [5.41, 5.74) is 2.03. The number of hydrogen-bond acceptors (Lipinski definition) is 5. The SMILES string of the molecule is COc1ccc2oc(C(=O)Nc3ccc4c(c3)OCCO4)c(C)c2c1. The summed E-state index contributed by atoms with van der Waals surface area (Å²) in [6.45, 7) is 2.87. The van der Waals surface area contributed by atoms with Gasteiger partial charge in [-0.3, -0.25) is 4.79 Å². The second-order valence-corrected chi connectivity index (χ2v) is 5.73. The maximum Gasteiger partial charge on any atom is 0.291 e. The summed E-state index contributed by atoms with van der Waals surface area (Å²) < 4.78 is 22.0. The van der Waals surface area contributed by atoms with E-state index in [2.05, 4.69) is 5.32 Å². The van der Waals surface area contributed by atoms with Crippen LogP contribution in [0.15, 0.2) is 40.8 Å². The van der Waals surface area contributed by atoms with E-state index >= 15 is 0 Å². The van der Waals surface area contributed by atoms with Crippen molar-refractivity contribution in [1.82, 2.24) is 0 Å². The van der Waals surface area contributed by atoms with Gasteiger partial charge in [0, 0.05) is 22.7 Å². The predicted octanol–water partition coefficient (Wildman–Crippen LogP) is 3.77. The first-order valence-corrected chi connectivity index (χ1v) is 7.94. The molecule has 128 valence electrons. The van der Waals surface area contributed by atoms with Crippen LogP contribution in [0.2, 0.25) is 0 Å². The van der Waals surface area contributed by atoms with E-state index in [1.54, 1.807) is 37.4 Å². The molecule has 0 unspecified atom stereocenters. The highest BCUT2D eigenvalue weighted by Crippen LogP contribution is 2.33. The number of benzene rings is 2. The summed E-state index contributed by atoms with van der Waals surface area (Å²) in [6, 6.07) is 10.7. The molecule has 0 spiro atoms. The molecule has 2 heterocycles. The molecule has 1 aromatic heterocycles. The van der Waals surface area contributed by atoms with Crippen LogP contribution >= 0.6 is 0 Å². The number of aryl methyl sites for hydroxylation is 1. The fourth-order valence-electron chi connectivity index (χ4n) is 2.85. The Kier molecular flexibility index (Phi) is 3.72. The first-order valence-electron chi connectivity index (χ1n) is 7.94. The molecule has 1 aliphatic rings. The largest absolute Gasteiger partial charge is 0.497 e. The van der Waals surface area contributed by atoms with E-state index in [9.17, 15) is 4.79 Å². The predicted molar refractivity (Wildman–Crippen MR) is 92.9 cm³/mol. The number of furan rings is 1. The summed E-state index contributed by atoms with van der Waals surface area (Å²) in [7, 11) is 1.60. The van der Waals surface area contributed by atoms with Crippen LogP contribution in [-0.4, -0.2) is 26.2 Å². The monoisotopic (exact) mass is 339 g/mol. The highest BCUT2D eigenvalue weighted by atomic mass is 16.6. The number of carbonyl (C=O) groups is 1. The van der Waals surface area contributed by atoms with E-state index in [1.165, 1.54) is 0 Å². The second-order valence-electron chi connectivity index (χ2n) is 5.73. The van der Waals surface area contributed by atoms with Crippen LogP contribution in [0.3, 0.4) is 0 Å². The van der Waals surface area contributed by atoms with Gasteiger partial charge in [-0.15, -0.1) is 0 Å². The summed E-state index contributed by atoms with van der Waals surface area (Å²) in [5, 5.41) is 3.69. The zero-order valence-corrected chi connectivity index (χ0v) is 13.9. The fraction of sp³-hybridized carbons (Fsp3) is 0.211. The smallest absolute Gasteiger partial charge is 0.291 e. The van der Waals surface area contributed by atoms with Crippen molar-refractivity contribution in [2.75, 3.05) is 25.6 Å². The molecule has 2 aromatic carbocycles. The second kappa shape index (κ2) is 6.05. The zero-order chi connectivity index (χ0) is 17.4. The van der Waals surface area contributed by atoms with Crippen molar-refractivity contribution >= 4 is 22.6 Å². The number of amides is 1. The Bertz CT molecular complexity index is 960. The molecule has 3 aromatic rings. The van der Waals surface area contributed by atoms with E-state index in [0.29, 0.717) is 36.0 Å². The first kappa shape index (κ1) is 15.4. The van der Waals surface area contributed by atoms with Gasteiger partial charge in [0.1, 0.15) is 24.5 Å². The van der Waals surface area contributed by atoms with Crippen LogP contribution in [0, 0.1) is 6.92 Å². The molecule has 1 aliphatic heterocycles. The molecule has 0 bridgehead atoms. The summed E-state index contributed by atoms with van der Waals surface area (Å²) in [5.74, 6) is 1.98. The molecular formula is C19H17NO5. The zero-order valence-electron chi connectivity index (χ0n) is 13.9. The van der Waals surface area contributed by atoms with Crippen molar-refractivity contribution in [3.8, 4) is 17.2 Å². The van der Waals surface area contributed by atoms with Crippen LogP contribution in [0.1, 0.15) is 16.1 Å². The number of carbonyl (C=O) groups excluding carboxylic acids is 1. The van der Waals surface area contributed by atoms with Crippen LogP contribution in [0.25, 0.3) is 11.0 Å². The highest BCUT2D eigenvalue weighted by molar-refractivity contribution is 6.06. The van der Waals surface area contributed by atoms with Gasteiger partial charge in [-0.1, -0.05) is 0 Å². The molecule has 4 rings (SSSR count). The van der Waals surface area contributed by atoms with Crippen LogP contribution < -0.4 is 19.5 Å². The number of nitrogens with one attached hydrogen (secondary N) is 1. The van der Waals surface area contributed by atoms with Gasteiger partial charge in [-0.2, -0.15) is 0 Å². The third kappa shape index (κ3) is 2.76. The number of anilines is 1. The van der Waals surface area contributed by atoms with Crippen molar-refractivity contribution in [1.29, 1.82) is 0 Å². The Morgan fingerprint density at radius 1 is 1.08 bits per heavy atom. The van der Waals surface area contributed by atoms with Gasteiger partial charge in [0.25, 0.3) is 5.91 Å². The van der Waals surface area contributed by atoms with Crippen LogP contribution in [-0.2, 0) is 0 Å². The molecule has 25 heavy (non-hydrogen) atoms. The molecule has 0 aliphatic carbocycles. The Morgan fingerprint density at radius 3 is 2.68 bits per heavy atom. The molecule has 6 nitrogen and oxygen atoms in total. The lowest BCUT2D eigenvalue weighted by Crippen LogP contribution is -2.16. The van der Waals surface area contributed by atoms with E-state index in [1.807, 2.05) is 13.0 Å². The molecule has 0 radical (unpaired) electrons. The van der Waals surface area contributed by atoms with Crippen molar-refractivity contribution in [2.24, 2.45) is 0 Å². The molecule has 0 saturated carbocycles. The highest BCUT2D eigenvalue weighted by Gasteiger charge is 2.19. The lowest BCUT2D eigenvalue weighted by molar-refractivity contribution is 0.0998. The Balaban J connectivity index is 1.63. The van der Waals surface area contributed by atoms with Crippen LogP contribution in [0.4, 0.5) is 5.69 Å². The average Bonchev–Trinajstić information content (AvgIpc) is 2.98. The van der Waals surface area contributed by atoms with Crippen LogP contribution in [0.5, 0.6) is 17.2 Å². The molecule has 0 atom stereocenters. The molecule has 1 N–H and O–H groups in total. The van der Waals surface area contributed by atoms with Crippen molar-refractivity contribution in [3.63, 3.8) is 0 Å². The Morgan fingerprint density at radius 2 is 1.88 bits per heavy atom. The quantitative estimate of drug-likeness (QED) is 0.786. The molecular weight excluding hydrogens is 322 g/mol. The summed E-state index contributed by atoms with van der Waals surface area (Å²) in [6.07, 6.45) is 0. The van der Waals surface area contributed by atoms with Crippen molar-refractivity contribution in [2.45, 2.75) is 6.92 Å². The van der Waals surface area contributed by atoms with E-state index in [0.717, 1.165) is 16.7 Å². The van der Waals surface area contributed by atoms with Crippen molar-refractivity contribution < 1.29 is 23.4 Å². The van der Waals surface area contributed by atoms with E-state index in [4.69, 9.17) is 18.6 Å². The third-order valence-corrected chi connectivity index (χ3v) is 4.15. The minimum Gasteiger partial charge on any atom is -0.497 e. The topological polar surface area (TPSA) is 69.9 Å². The Hall–Kier alpha value is -3.15. The number of rotatable bonds is 3. The standard InChI is InChI=1S/C19H17NO5/c1-11-14-10-13(22-2)4-6-15(14)25-18(11)19(21)20-12-3-5-16-17(9-12)24-8-7-23-16/h3-6,9-10H,7-8H2,1-2H3,(H,20,21). The fourth-order valence-corrected chi connectivity index (χ4v) is 2.85. The third-order valence-electron chi connectivity index (χ3n) is 4.15. The minimum atomic E-state index is -0.315. The number of methoxy groups -OCH3 is 1. The van der Waals surface area contributed by atoms with Gasteiger partial charge in [0.05, 0.1) is 7.11 Å². The molecule has 1 amide bonds. The number of ether oxygens (including phenoxy) is 3. The van der Waals surface area contributed by atoms with E-state index in [-0.39, 0.29) is 11.7 Å². The maximum absolute atomic E-state index is 12.6. The number of hydrogen-bond donors (Lipinski definition) is 1. The van der Waals surface area contributed by atoms with Gasteiger partial charge < -0.3 is 23.9 Å². The summed E-state index contributed by atoms with van der Waals surface area (Å²) >= 11 is 0. The molecule has 0 fully saturated rings. The van der Waals surface area contributed by atoms with Gasteiger partial charge in [0.2, 0.25) is 0 Å². The molecule has 0 saturated heterocycles. The normalized spacial score (nSPS) is 12.9. The lowest BCUT2D eigenvalue weighted by Gasteiger charge is -2.18. The Labute approximate surface area is 144 Å². The van der Waals surface area contributed by atoms with Gasteiger partial charge in [-0.25, -0.2) is 0 Å². The summed E-state index contributed by atoms with van der Waals surface area (Å²) in [4.78, 5) is 12.6. The lowest BCUT2D eigenvalue weighted by atomic mass is 10.1. The first-order chi connectivity index (χ1) is 12.2. The van der Waals surface area contributed by atoms with Gasteiger partial charge >= 0.3 is 0 Å². The van der Waals surface area contributed by atoms with Crippen molar-refractivity contribution in [3.05, 3.63) is 47.7 Å².